The maximum atomic E-state index is 13.2. The number of carbonyl (C=O) groups is 1. The van der Waals surface area contributed by atoms with Crippen LogP contribution >= 0.6 is 0 Å². The molecule has 0 spiro atoms. The van der Waals surface area contributed by atoms with Crippen molar-refractivity contribution in [3.8, 4) is 0 Å². The van der Waals surface area contributed by atoms with Crippen LogP contribution in [0.4, 0.5) is 0 Å². The highest BCUT2D eigenvalue weighted by Gasteiger charge is 2.53. The summed E-state index contributed by atoms with van der Waals surface area (Å²) >= 11 is 0. The summed E-state index contributed by atoms with van der Waals surface area (Å²) in [5.41, 5.74) is 0. The molecule has 0 aromatic carbocycles. The summed E-state index contributed by atoms with van der Waals surface area (Å²) in [5, 5.41) is 120. The van der Waals surface area contributed by atoms with Gasteiger partial charge in [-0.05, 0) is 38.5 Å². The predicted octanol–water partition coefficient (Wildman–Crippen LogP) is 2.42. The zero-order chi connectivity index (χ0) is 51.3. The Morgan fingerprint density at radius 2 is 0.914 bits per heavy atom. The number of hydrogen-bond donors (Lipinski definition) is 12. The lowest BCUT2D eigenvalue weighted by atomic mass is 9.96. The van der Waals surface area contributed by atoms with Crippen molar-refractivity contribution in [2.24, 2.45) is 0 Å². The highest BCUT2D eigenvalue weighted by molar-refractivity contribution is 5.76. The first-order chi connectivity index (χ1) is 33.8. The molecule has 0 aliphatic carbocycles. The third-order valence-corrected chi connectivity index (χ3v) is 13.5. The first kappa shape index (κ1) is 62.6. The van der Waals surface area contributed by atoms with Gasteiger partial charge >= 0.3 is 0 Å². The monoisotopic (exact) mass is 1010 g/mol. The van der Waals surface area contributed by atoms with Gasteiger partial charge < -0.3 is 89.9 Å². The van der Waals surface area contributed by atoms with Crippen molar-refractivity contribution in [3.05, 3.63) is 24.3 Å². The molecule has 12 N–H and O–H groups in total. The lowest BCUT2D eigenvalue weighted by molar-refractivity contribution is -0.379. The standard InChI is InChI=1S/C51H93NO18/c1-3-5-7-9-11-13-15-16-17-19-20-22-24-26-28-35(56)34(52-39(57)29-27-25-23-21-18-14-12-10-8-6-4-2)33-65-49-45(63)42(60)47(37(31-54)67-49)70-51-46(64)43(61)48(38(32-55)68-51)69-50-44(62)41(59)40(58)36(30-53)66-50/h10,12,26,28,34-38,40-51,53-56,58-64H,3-9,11,13-25,27,29-33H2,1-2H3,(H,52,57)/b12-10-,28-26+. The third-order valence-electron chi connectivity index (χ3n) is 13.5. The van der Waals surface area contributed by atoms with E-state index in [1.807, 2.05) is 6.08 Å². The van der Waals surface area contributed by atoms with Crippen LogP contribution in [0, 0.1) is 0 Å². The Kier molecular flexibility index (Phi) is 32.4. The van der Waals surface area contributed by atoms with Gasteiger partial charge in [0.25, 0.3) is 0 Å². The zero-order valence-corrected chi connectivity index (χ0v) is 42.0. The highest BCUT2D eigenvalue weighted by atomic mass is 16.8. The van der Waals surface area contributed by atoms with Gasteiger partial charge in [0.2, 0.25) is 5.91 Å². The van der Waals surface area contributed by atoms with Crippen molar-refractivity contribution in [2.75, 3.05) is 26.4 Å². The SMILES string of the molecule is CCCC/C=C\CCCCCCCC(=O)NC(COC1OC(CO)C(OC2OC(CO)C(OC3OC(CO)C(O)C(O)C3O)C(O)C2O)C(O)C1O)C(O)/C=C/CCCCCCCCCCCCCC. The third kappa shape index (κ3) is 21.6. The largest absolute Gasteiger partial charge is 0.394 e. The Hall–Kier alpha value is -1.73. The molecule has 19 heteroatoms. The van der Waals surface area contributed by atoms with E-state index in [-0.39, 0.29) is 18.9 Å². The lowest BCUT2D eigenvalue weighted by Gasteiger charge is -2.48. The number of aliphatic hydroxyl groups excluding tert-OH is 11. The number of aliphatic hydroxyl groups is 11. The lowest BCUT2D eigenvalue weighted by Crippen LogP contribution is -2.66. The van der Waals surface area contributed by atoms with Crippen LogP contribution < -0.4 is 5.32 Å². The maximum absolute atomic E-state index is 13.2. The van der Waals surface area contributed by atoms with Gasteiger partial charge in [-0.25, -0.2) is 0 Å². The van der Waals surface area contributed by atoms with Gasteiger partial charge in [-0.2, -0.15) is 0 Å². The van der Waals surface area contributed by atoms with Crippen LogP contribution in [-0.2, 0) is 33.2 Å². The fraction of sp³-hybridized carbons (Fsp3) is 0.902. The van der Waals surface area contributed by atoms with Crippen LogP contribution in [0.3, 0.4) is 0 Å². The summed E-state index contributed by atoms with van der Waals surface area (Å²) in [6.45, 7) is 1.63. The minimum absolute atomic E-state index is 0.233. The van der Waals surface area contributed by atoms with Gasteiger partial charge in [0.15, 0.2) is 18.9 Å². The van der Waals surface area contributed by atoms with Gasteiger partial charge in [-0.3, -0.25) is 4.79 Å². The summed E-state index contributed by atoms with van der Waals surface area (Å²) in [4.78, 5) is 13.2. The van der Waals surface area contributed by atoms with Gasteiger partial charge in [0.1, 0.15) is 73.2 Å². The minimum atomic E-state index is -1.98. The average Bonchev–Trinajstić information content (AvgIpc) is 3.35. The second-order valence-corrected chi connectivity index (χ2v) is 19.3. The molecule has 0 radical (unpaired) electrons. The van der Waals surface area contributed by atoms with Crippen molar-refractivity contribution in [1.29, 1.82) is 0 Å². The van der Waals surface area contributed by atoms with E-state index in [2.05, 4.69) is 31.3 Å². The summed E-state index contributed by atoms with van der Waals surface area (Å²) in [7, 11) is 0. The molecule has 17 atom stereocenters. The molecule has 3 rings (SSSR count). The van der Waals surface area contributed by atoms with Crippen LogP contribution in [0.5, 0.6) is 0 Å². The number of hydrogen-bond acceptors (Lipinski definition) is 18. The molecule has 3 fully saturated rings. The van der Waals surface area contributed by atoms with Crippen molar-refractivity contribution < 1.29 is 89.4 Å². The van der Waals surface area contributed by atoms with Crippen molar-refractivity contribution >= 4 is 5.91 Å². The molecule has 410 valence electrons. The number of rotatable bonds is 37. The molecule has 17 unspecified atom stereocenters. The average molecular weight is 1010 g/mol. The number of ether oxygens (including phenoxy) is 6. The maximum Gasteiger partial charge on any atom is 0.220 e. The van der Waals surface area contributed by atoms with Crippen molar-refractivity contribution in [3.63, 3.8) is 0 Å². The first-order valence-electron chi connectivity index (χ1n) is 26.6. The summed E-state index contributed by atoms with van der Waals surface area (Å²) in [5.74, 6) is -0.289. The van der Waals surface area contributed by atoms with Gasteiger partial charge in [-0.15, -0.1) is 0 Å². The van der Waals surface area contributed by atoms with Gasteiger partial charge in [-0.1, -0.05) is 141 Å². The van der Waals surface area contributed by atoms with Crippen LogP contribution in [-0.4, -0.2) is 193 Å². The Morgan fingerprint density at radius 3 is 1.43 bits per heavy atom. The van der Waals surface area contributed by atoms with E-state index in [1.54, 1.807) is 6.08 Å². The van der Waals surface area contributed by atoms with Crippen LogP contribution in [0.1, 0.15) is 162 Å². The molecule has 0 aromatic heterocycles. The molecule has 3 aliphatic rings. The molecular weight excluding hydrogens is 915 g/mol. The van der Waals surface area contributed by atoms with E-state index in [4.69, 9.17) is 28.4 Å². The topological polar surface area (TPSA) is 307 Å². The number of allylic oxidation sites excluding steroid dienone is 3. The quantitative estimate of drug-likeness (QED) is 0.0314. The van der Waals surface area contributed by atoms with Gasteiger partial charge in [0, 0.05) is 6.42 Å². The van der Waals surface area contributed by atoms with E-state index < -0.39 is 124 Å². The van der Waals surface area contributed by atoms with Crippen LogP contribution in [0.15, 0.2) is 24.3 Å². The van der Waals surface area contributed by atoms with E-state index in [0.717, 1.165) is 64.2 Å². The van der Waals surface area contributed by atoms with E-state index >= 15 is 0 Å². The normalized spacial score (nSPS) is 32.7. The molecule has 3 aliphatic heterocycles. The number of nitrogens with one attached hydrogen (secondary N) is 1. The van der Waals surface area contributed by atoms with Crippen LogP contribution in [0.2, 0.25) is 0 Å². The summed E-state index contributed by atoms with van der Waals surface area (Å²) in [6, 6.07) is -0.972. The summed E-state index contributed by atoms with van der Waals surface area (Å²) in [6.07, 6.45) is 6.09. The molecule has 3 saturated heterocycles. The van der Waals surface area contributed by atoms with Crippen LogP contribution in [0.25, 0.3) is 0 Å². The van der Waals surface area contributed by atoms with Crippen molar-refractivity contribution in [2.45, 2.75) is 266 Å². The second-order valence-electron chi connectivity index (χ2n) is 19.3. The molecule has 0 bridgehead atoms. The predicted molar refractivity (Wildman–Crippen MR) is 259 cm³/mol. The van der Waals surface area contributed by atoms with E-state index in [9.17, 15) is 61.0 Å². The van der Waals surface area contributed by atoms with E-state index in [1.165, 1.54) is 70.6 Å². The Balaban J connectivity index is 1.56. The fourth-order valence-corrected chi connectivity index (χ4v) is 8.99. The Morgan fingerprint density at radius 1 is 0.500 bits per heavy atom. The Labute approximate surface area is 416 Å². The number of carbonyl (C=O) groups excluding carboxylic acids is 1. The zero-order valence-electron chi connectivity index (χ0n) is 42.0. The van der Waals surface area contributed by atoms with E-state index in [0.29, 0.717) is 6.42 Å². The van der Waals surface area contributed by atoms with Crippen molar-refractivity contribution in [1.82, 2.24) is 5.32 Å². The first-order valence-corrected chi connectivity index (χ1v) is 26.6. The summed E-state index contributed by atoms with van der Waals surface area (Å²) < 4.78 is 34.1. The van der Waals surface area contributed by atoms with Gasteiger partial charge in [0.05, 0.1) is 38.6 Å². The molecule has 19 nitrogen and oxygen atoms in total. The molecule has 3 heterocycles. The Bertz CT molecular complexity index is 1390. The molecule has 1 amide bonds. The smallest absolute Gasteiger partial charge is 0.220 e. The number of amides is 1. The highest BCUT2D eigenvalue weighted by Crippen LogP contribution is 2.33. The molecular formula is C51H93NO18. The molecule has 0 saturated carbocycles. The molecule has 0 aromatic rings. The minimum Gasteiger partial charge on any atom is -0.394 e. The second kappa shape index (κ2) is 36.3. The molecule has 70 heavy (non-hydrogen) atoms. The fourth-order valence-electron chi connectivity index (χ4n) is 8.99. The number of unbranched alkanes of at least 4 members (excludes halogenated alkanes) is 19.